The first-order chi connectivity index (χ1) is 9.99. The molecule has 0 aliphatic heterocycles. The van der Waals surface area contributed by atoms with E-state index in [1.165, 1.54) is 0 Å². The highest BCUT2D eigenvalue weighted by Gasteiger charge is 2.09. The van der Waals surface area contributed by atoms with Crippen molar-refractivity contribution in [3.8, 4) is 0 Å². The summed E-state index contributed by atoms with van der Waals surface area (Å²) in [6.07, 6.45) is 1.10. The summed E-state index contributed by atoms with van der Waals surface area (Å²) in [4.78, 5) is 14.0. The number of aryl methyl sites for hydroxylation is 2. The topological polar surface area (TPSA) is 58.4 Å². The van der Waals surface area contributed by atoms with Crippen LogP contribution in [0.2, 0.25) is 0 Å². The lowest BCUT2D eigenvalue weighted by Gasteiger charge is -2.18. The van der Waals surface area contributed by atoms with E-state index >= 15 is 0 Å². The van der Waals surface area contributed by atoms with E-state index in [-0.39, 0.29) is 5.91 Å². The zero-order chi connectivity index (χ0) is 16.3. The smallest absolute Gasteiger partial charge is 0.238 e. The van der Waals surface area contributed by atoms with Crippen molar-refractivity contribution in [1.82, 2.24) is 4.90 Å². The first-order valence-corrected chi connectivity index (χ1v) is 7.78. The van der Waals surface area contributed by atoms with Crippen molar-refractivity contribution >= 4 is 11.6 Å². The molecule has 0 aliphatic rings. The van der Waals surface area contributed by atoms with Crippen LogP contribution in [-0.2, 0) is 4.79 Å². The molecule has 1 aromatic rings. The average Bonchev–Trinajstić information content (AvgIpc) is 2.49. The molecule has 0 saturated carbocycles. The number of nitrogens with two attached hydrogens (primary N) is 1. The van der Waals surface area contributed by atoms with Gasteiger partial charge in [-0.1, -0.05) is 39.0 Å². The number of anilines is 1. The van der Waals surface area contributed by atoms with Crippen molar-refractivity contribution in [1.29, 1.82) is 0 Å². The number of amides is 1. The summed E-state index contributed by atoms with van der Waals surface area (Å²) >= 11 is 0. The molecule has 3 N–H and O–H groups in total. The van der Waals surface area contributed by atoms with Crippen LogP contribution < -0.4 is 11.1 Å². The lowest BCUT2D eigenvalue weighted by atomic mass is 10.1. The molecule has 0 spiro atoms. The Bertz CT molecular complexity index is 392. The average molecular weight is 293 g/mol. The number of hydrogen-bond donors (Lipinski definition) is 2. The minimum Gasteiger partial charge on any atom is -0.330 e. The molecule has 0 bridgehead atoms. The summed E-state index contributed by atoms with van der Waals surface area (Å²) < 4.78 is 0. The maximum absolute atomic E-state index is 11.9. The molecule has 0 aliphatic carbocycles. The van der Waals surface area contributed by atoms with Gasteiger partial charge in [0.15, 0.2) is 0 Å². The number of nitrogens with one attached hydrogen (secondary N) is 1. The van der Waals surface area contributed by atoms with Gasteiger partial charge in [0.05, 0.1) is 6.54 Å². The zero-order valence-electron chi connectivity index (χ0n) is 14.2. The zero-order valence-corrected chi connectivity index (χ0v) is 14.2. The number of para-hydroxylation sites is 1. The second-order valence-corrected chi connectivity index (χ2v) is 5.07. The van der Waals surface area contributed by atoms with Crippen molar-refractivity contribution < 1.29 is 4.79 Å². The normalized spacial score (nSPS) is 10.0. The van der Waals surface area contributed by atoms with Crippen molar-refractivity contribution in [2.75, 3.05) is 31.5 Å². The molecule has 0 atom stereocenters. The Kier molecular flexibility index (Phi) is 10.5. The maximum atomic E-state index is 11.9. The number of carbonyl (C=O) groups is 1. The van der Waals surface area contributed by atoms with Crippen LogP contribution in [0.15, 0.2) is 18.2 Å². The molecule has 0 heterocycles. The fraction of sp³-hybridized carbons (Fsp3) is 0.588. The Labute approximate surface area is 129 Å². The van der Waals surface area contributed by atoms with Gasteiger partial charge in [0, 0.05) is 5.69 Å². The van der Waals surface area contributed by atoms with E-state index in [4.69, 9.17) is 5.73 Å². The Morgan fingerprint density at radius 1 is 1.14 bits per heavy atom. The SMILES string of the molecule is CCCN.CCN(CC)CC(=O)Nc1c(C)cccc1C. The monoisotopic (exact) mass is 293 g/mol. The molecule has 21 heavy (non-hydrogen) atoms. The first kappa shape index (κ1) is 19.6. The minimum atomic E-state index is 0.0612. The summed E-state index contributed by atoms with van der Waals surface area (Å²) in [5, 5.41) is 3.00. The molecule has 0 saturated heterocycles. The molecule has 120 valence electrons. The van der Waals surface area contributed by atoms with Crippen molar-refractivity contribution in [2.45, 2.75) is 41.0 Å². The molecule has 1 aromatic carbocycles. The molecule has 4 nitrogen and oxygen atoms in total. The fourth-order valence-electron chi connectivity index (χ4n) is 1.84. The van der Waals surface area contributed by atoms with Crippen LogP contribution in [0.25, 0.3) is 0 Å². The van der Waals surface area contributed by atoms with E-state index in [9.17, 15) is 4.79 Å². The maximum Gasteiger partial charge on any atom is 0.238 e. The van der Waals surface area contributed by atoms with Crippen LogP contribution in [0.4, 0.5) is 5.69 Å². The fourth-order valence-corrected chi connectivity index (χ4v) is 1.84. The van der Waals surface area contributed by atoms with Crippen LogP contribution in [0.5, 0.6) is 0 Å². The molecule has 0 unspecified atom stereocenters. The van der Waals surface area contributed by atoms with Crippen LogP contribution in [-0.4, -0.2) is 37.0 Å². The van der Waals surface area contributed by atoms with Gasteiger partial charge in [0.1, 0.15) is 0 Å². The van der Waals surface area contributed by atoms with Crippen molar-refractivity contribution in [3.05, 3.63) is 29.3 Å². The molecular weight excluding hydrogens is 262 g/mol. The number of hydrogen-bond acceptors (Lipinski definition) is 3. The summed E-state index contributed by atoms with van der Waals surface area (Å²) in [5.74, 6) is 0.0612. The Morgan fingerprint density at radius 3 is 2.00 bits per heavy atom. The Hall–Kier alpha value is -1.39. The number of rotatable bonds is 6. The third-order valence-electron chi connectivity index (χ3n) is 3.30. The van der Waals surface area contributed by atoms with Crippen molar-refractivity contribution in [2.24, 2.45) is 5.73 Å². The Balaban J connectivity index is 0.000000885. The number of carbonyl (C=O) groups excluding carboxylic acids is 1. The predicted molar refractivity (Wildman–Crippen MR) is 91.7 cm³/mol. The highest BCUT2D eigenvalue weighted by atomic mass is 16.2. The number of nitrogens with zero attached hydrogens (tertiary/aromatic N) is 1. The van der Waals surface area contributed by atoms with Gasteiger partial charge in [-0.05, 0) is 51.0 Å². The van der Waals surface area contributed by atoms with E-state index in [1.807, 2.05) is 32.0 Å². The van der Waals surface area contributed by atoms with E-state index in [0.29, 0.717) is 6.54 Å². The Morgan fingerprint density at radius 2 is 1.62 bits per heavy atom. The van der Waals surface area contributed by atoms with Crippen LogP contribution in [0.3, 0.4) is 0 Å². The summed E-state index contributed by atoms with van der Waals surface area (Å²) in [6, 6.07) is 6.03. The summed E-state index contributed by atoms with van der Waals surface area (Å²) in [5.41, 5.74) is 8.19. The van der Waals surface area contributed by atoms with Gasteiger partial charge in [0.2, 0.25) is 5.91 Å². The standard InChI is InChI=1S/C14H22N2O.C3H9N/c1-5-16(6-2)10-13(17)15-14-11(3)8-7-9-12(14)4;1-2-3-4/h7-9H,5-6,10H2,1-4H3,(H,15,17);2-4H2,1H3. The third kappa shape index (κ3) is 7.83. The lowest BCUT2D eigenvalue weighted by Crippen LogP contribution is -2.33. The number of likely N-dealkylation sites (N-methyl/N-ethyl adjacent to an activating group) is 1. The van der Waals surface area contributed by atoms with Gasteiger partial charge in [-0.25, -0.2) is 0 Å². The van der Waals surface area contributed by atoms with Gasteiger partial charge in [0.25, 0.3) is 0 Å². The van der Waals surface area contributed by atoms with Gasteiger partial charge in [-0.15, -0.1) is 0 Å². The largest absolute Gasteiger partial charge is 0.330 e. The quantitative estimate of drug-likeness (QED) is 0.848. The molecule has 1 amide bonds. The predicted octanol–water partition coefficient (Wildman–Crippen LogP) is 2.94. The van der Waals surface area contributed by atoms with Gasteiger partial charge in [-0.3, -0.25) is 9.69 Å². The molecule has 0 aromatic heterocycles. The second kappa shape index (κ2) is 11.3. The van der Waals surface area contributed by atoms with E-state index in [0.717, 1.165) is 42.9 Å². The van der Waals surface area contributed by atoms with E-state index < -0.39 is 0 Å². The van der Waals surface area contributed by atoms with Gasteiger partial charge >= 0.3 is 0 Å². The molecule has 1 rings (SSSR count). The van der Waals surface area contributed by atoms with Crippen molar-refractivity contribution in [3.63, 3.8) is 0 Å². The highest BCUT2D eigenvalue weighted by molar-refractivity contribution is 5.93. The minimum absolute atomic E-state index is 0.0612. The highest BCUT2D eigenvalue weighted by Crippen LogP contribution is 2.19. The van der Waals surface area contributed by atoms with Gasteiger partial charge in [-0.2, -0.15) is 0 Å². The van der Waals surface area contributed by atoms with Crippen LogP contribution >= 0.6 is 0 Å². The lowest BCUT2D eigenvalue weighted by molar-refractivity contribution is -0.117. The second-order valence-electron chi connectivity index (χ2n) is 5.07. The van der Waals surface area contributed by atoms with E-state index in [2.05, 4.69) is 31.0 Å². The molecule has 0 fully saturated rings. The first-order valence-electron chi connectivity index (χ1n) is 7.78. The third-order valence-corrected chi connectivity index (χ3v) is 3.30. The van der Waals surface area contributed by atoms with Crippen LogP contribution in [0, 0.1) is 13.8 Å². The molecule has 4 heteroatoms. The van der Waals surface area contributed by atoms with E-state index in [1.54, 1.807) is 0 Å². The molecular formula is C17H31N3O. The van der Waals surface area contributed by atoms with Gasteiger partial charge < -0.3 is 11.1 Å². The summed E-state index contributed by atoms with van der Waals surface area (Å²) in [7, 11) is 0. The molecule has 0 radical (unpaired) electrons. The summed E-state index contributed by atoms with van der Waals surface area (Å²) in [6.45, 7) is 13.3. The van der Waals surface area contributed by atoms with Crippen LogP contribution in [0.1, 0.15) is 38.3 Å². The number of benzene rings is 1.